The first kappa shape index (κ1) is 16.5. The lowest BCUT2D eigenvalue weighted by atomic mass is 10.3. The molecule has 0 radical (unpaired) electrons. The first-order valence-electron chi connectivity index (χ1n) is 4.38. The van der Waals surface area contributed by atoms with E-state index in [4.69, 9.17) is 19.6 Å². The Labute approximate surface area is 107 Å². The molecule has 0 amide bonds. The highest BCUT2D eigenvalue weighted by Gasteiger charge is 2.43. The molecule has 0 aliphatic rings. The number of benzene rings is 1. The van der Waals surface area contributed by atoms with Gasteiger partial charge < -0.3 is 24.1 Å². The number of phosphoric acid groups is 3. The fraction of sp³-hybridized carbons (Fsp3) is 0. The van der Waals surface area contributed by atoms with Gasteiger partial charge in [-0.1, -0.05) is 18.2 Å². The van der Waals surface area contributed by atoms with Crippen LogP contribution in [0.25, 0.3) is 0 Å². The predicted octanol–water partition coefficient (Wildman–Crippen LogP) is 1.39. The quantitative estimate of drug-likeness (QED) is 0.560. The highest BCUT2D eigenvalue weighted by atomic mass is 31.3. The third-order valence-electron chi connectivity index (χ3n) is 1.37. The minimum Gasteiger partial charge on any atom is -0.403 e. The van der Waals surface area contributed by atoms with Crippen molar-refractivity contribution in [1.29, 1.82) is 0 Å². The van der Waals surface area contributed by atoms with Crippen molar-refractivity contribution in [2.75, 3.05) is 0 Å². The molecule has 0 bridgehead atoms. The van der Waals surface area contributed by atoms with Crippen LogP contribution in [0.5, 0.6) is 5.75 Å². The molecule has 0 spiro atoms. The maximum atomic E-state index is 11.8. The van der Waals surface area contributed by atoms with E-state index in [1.807, 2.05) is 0 Å². The van der Waals surface area contributed by atoms with Gasteiger partial charge in [-0.2, -0.15) is 8.62 Å². The molecule has 1 aromatic rings. The lowest BCUT2D eigenvalue weighted by molar-refractivity contribution is 0.208. The number of para-hydroxylation sites is 1. The molecule has 0 saturated carbocycles. The van der Waals surface area contributed by atoms with Gasteiger partial charge in [-0.05, 0) is 12.1 Å². The van der Waals surface area contributed by atoms with Gasteiger partial charge in [0.2, 0.25) is 0 Å². The van der Waals surface area contributed by atoms with Crippen LogP contribution in [0, 0.1) is 0 Å². The Morgan fingerprint density at radius 1 is 0.789 bits per heavy atom. The Bertz CT molecular complexity index is 530. The smallest absolute Gasteiger partial charge is 0.403 e. The van der Waals surface area contributed by atoms with Gasteiger partial charge in [0.05, 0.1) is 0 Å². The van der Waals surface area contributed by atoms with Crippen molar-refractivity contribution >= 4 is 23.5 Å². The van der Waals surface area contributed by atoms with Gasteiger partial charge in [0.15, 0.2) is 0 Å². The molecular formula is C6H9O10P3. The highest BCUT2D eigenvalue weighted by molar-refractivity contribution is 7.67. The molecule has 19 heavy (non-hydrogen) atoms. The van der Waals surface area contributed by atoms with E-state index in [9.17, 15) is 13.7 Å². The van der Waals surface area contributed by atoms with E-state index in [0.29, 0.717) is 0 Å². The zero-order valence-corrected chi connectivity index (χ0v) is 11.7. The molecule has 1 rings (SSSR count). The average molecular weight is 334 g/mol. The average Bonchev–Trinajstić information content (AvgIpc) is 2.11. The normalized spacial score (nSPS) is 13.3. The van der Waals surface area contributed by atoms with Crippen molar-refractivity contribution in [3.63, 3.8) is 0 Å². The second kappa shape index (κ2) is 5.85. The Balaban J connectivity index is 3.02. The minimum atomic E-state index is -5.37. The van der Waals surface area contributed by atoms with Crippen LogP contribution < -0.4 is 4.52 Å². The highest BCUT2D eigenvalue weighted by Crippen LogP contribution is 2.67. The number of hydrogen-bond donors (Lipinski definition) is 4. The van der Waals surface area contributed by atoms with E-state index in [0.717, 1.165) is 0 Å². The van der Waals surface area contributed by atoms with Gasteiger partial charge in [-0.3, -0.25) is 0 Å². The maximum Gasteiger partial charge on any atom is 0.548 e. The largest absolute Gasteiger partial charge is 0.548 e. The molecule has 0 saturated heterocycles. The SMILES string of the molecule is O=P(O)(O)OP(=O)(Oc1ccccc1)OP(=O)(O)O. The van der Waals surface area contributed by atoms with E-state index < -0.39 is 23.5 Å². The summed E-state index contributed by atoms with van der Waals surface area (Å²) in [4.78, 5) is 34.1. The van der Waals surface area contributed by atoms with Crippen LogP contribution in [0.1, 0.15) is 0 Å². The van der Waals surface area contributed by atoms with Crippen molar-refractivity contribution in [2.24, 2.45) is 0 Å². The summed E-state index contributed by atoms with van der Waals surface area (Å²) >= 11 is 0. The van der Waals surface area contributed by atoms with Crippen LogP contribution in [-0.4, -0.2) is 19.6 Å². The third-order valence-corrected chi connectivity index (χ3v) is 5.11. The molecule has 0 unspecified atom stereocenters. The number of rotatable bonds is 6. The second-order valence-electron chi connectivity index (χ2n) is 3.00. The summed E-state index contributed by atoms with van der Waals surface area (Å²) in [5, 5.41) is 0. The molecule has 0 aliphatic heterocycles. The molecule has 0 fully saturated rings. The summed E-state index contributed by atoms with van der Waals surface area (Å²) in [6.45, 7) is 0. The van der Waals surface area contributed by atoms with Gasteiger partial charge in [0.1, 0.15) is 5.75 Å². The van der Waals surface area contributed by atoms with E-state index in [1.165, 1.54) is 24.3 Å². The standard InChI is InChI=1S/C6H9O10P3/c7-17(8,9)15-19(13,16-18(10,11)12)14-6-4-2-1-3-5-6/h1-5H,(H2,7,8,9)(H2,10,11,12). The molecule has 4 N–H and O–H groups in total. The predicted molar refractivity (Wildman–Crippen MR) is 60.9 cm³/mol. The second-order valence-corrected chi connectivity index (χ2v) is 7.34. The summed E-state index contributed by atoms with van der Waals surface area (Å²) in [5.74, 6) is -0.229. The van der Waals surface area contributed by atoms with Crippen LogP contribution in [0.4, 0.5) is 0 Å². The van der Waals surface area contributed by atoms with Gasteiger partial charge in [-0.15, -0.1) is 0 Å². The van der Waals surface area contributed by atoms with Gasteiger partial charge in [0, 0.05) is 0 Å². The number of hydrogen-bond acceptors (Lipinski definition) is 6. The van der Waals surface area contributed by atoms with Crippen molar-refractivity contribution in [3.8, 4) is 5.75 Å². The van der Waals surface area contributed by atoms with E-state index in [1.54, 1.807) is 6.07 Å². The van der Waals surface area contributed by atoms with Crippen molar-refractivity contribution < 1.29 is 46.4 Å². The molecule has 1 aromatic carbocycles. The molecular weight excluding hydrogens is 325 g/mol. The van der Waals surface area contributed by atoms with Gasteiger partial charge in [-0.25, -0.2) is 13.7 Å². The lowest BCUT2D eigenvalue weighted by Gasteiger charge is -2.18. The summed E-state index contributed by atoms with van der Waals surface area (Å²) in [6, 6.07) is 6.78. The van der Waals surface area contributed by atoms with Crippen LogP contribution in [0.2, 0.25) is 0 Å². The lowest BCUT2D eigenvalue weighted by Crippen LogP contribution is -2.00. The van der Waals surface area contributed by atoms with Crippen molar-refractivity contribution in [2.45, 2.75) is 0 Å². The fourth-order valence-electron chi connectivity index (χ4n) is 0.919. The molecule has 108 valence electrons. The summed E-state index contributed by atoms with van der Waals surface area (Å²) in [6.07, 6.45) is 0. The van der Waals surface area contributed by atoms with E-state index in [2.05, 4.69) is 13.1 Å². The van der Waals surface area contributed by atoms with E-state index in [-0.39, 0.29) is 5.75 Å². The molecule has 0 aliphatic carbocycles. The minimum absolute atomic E-state index is 0.229. The molecule has 0 heterocycles. The van der Waals surface area contributed by atoms with Crippen LogP contribution in [-0.2, 0) is 22.3 Å². The molecule has 0 aromatic heterocycles. The third kappa shape index (κ3) is 6.98. The maximum absolute atomic E-state index is 11.8. The molecule has 13 heteroatoms. The Kier molecular flexibility index (Phi) is 5.08. The Morgan fingerprint density at radius 2 is 1.21 bits per heavy atom. The Morgan fingerprint density at radius 3 is 1.58 bits per heavy atom. The zero-order valence-electron chi connectivity index (χ0n) is 8.97. The first-order valence-corrected chi connectivity index (χ1v) is 8.90. The molecule has 10 nitrogen and oxygen atoms in total. The van der Waals surface area contributed by atoms with Gasteiger partial charge in [0.25, 0.3) is 0 Å². The monoisotopic (exact) mass is 334 g/mol. The van der Waals surface area contributed by atoms with Crippen LogP contribution in [0.15, 0.2) is 30.3 Å². The zero-order chi connectivity index (χ0) is 14.7. The van der Waals surface area contributed by atoms with Gasteiger partial charge >= 0.3 is 23.5 Å². The summed E-state index contributed by atoms with van der Waals surface area (Å²) in [5.41, 5.74) is 0. The van der Waals surface area contributed by atoms with E-state index >= 15 is 0 Å². The van der Waals surface area contributed by atoms with Crippen molar-refractivity contribution in [3.05, 3.63) is 30.3 Å². The Hall–Kier alpha value is -0.530. The first-order chi connectivity index (χ1) is 8.49. The fourth-order valence-corrected chi connectivity index (χ4v) is 4.04. The van der Waals surface area contributed by atoms with Crippen molar-refractivity contribution in [1.82, 2.24) is 0 Å². The van der Waals surface area contributed by atoms with Crippen LogP contribution >= 0.6 is 23.5 Å². The summed E-state index contributed by atoms with van der Waals surface area (Å²) < 4.78 is 44.8. The topological polar surface area (TPSA) is 160 Å². The molecule has 0 atom stereocenters. The van der Waals surface area contributed by atoms with Crippen LogP contribution in [0.3, 0.4) is 0 Å². The summed E-state index contributed by atoms with van der Waals surface area (Å²) in [7, 11) is -15.9.